The number of carbonyl (C=O) groups excluding carboxylic acids is 1. The van der Waals surface area contributed by atoms with Gasteiger partial charge in [-0.2, -0.15) is 15.4 Å². The summed E-state index contributed by atoms with van der Waals surface area (Å²) in [5, 5.41) is 18.9. The highest BCUT2D eigenvalue weighted by Crippen LogP contribution is 2.24. The second kappa shape index (κ2) is 6.33. The van der Waals surface area contributed by atoms with E-state index in [1.165, 1.54) is 0 Å². The van der Waals surface area contributed by atoms with Gasteiger partial charge < -0.3 is 5.32 Å². The van der Waals surface area contributed by atoms with Gasteiger partial charge in [-0.05, 0) is 38.0 Å². The third-order valence-electron chi connectivity index (χ3n) is 4.43. The molecule has 8 heteroatoms. The van der Waals surface area contributed by atoms with Crippen LogP contribution in [0.25, 0.3) is 5.69 Å². The van der Waals surface area contributed by atoms with Gasteiger partial charge in [0.2, 0.25) is 5.91 Å². The van der Waals surface area contributed by atoms with Crippen molar-refractivity contribution >= 4 is 23.3 Å². The molecule has 1 aliphatic carbocycles. The van der Waals surface area contributed by atoms with Crippen molar-refractivity contribution in [1.82, 2.24) is 25.2 Å². The third kappa shape index (κ3) is 3.15. The molecule has 2 aromatic heterocycles. The number of hydrogen-bond acceptors (Lipinski definition) is 4. The lowest BCUT2D eigenvalue weighted by atomic mass is 9.89. The normalized spacial score (nSPS) is 16.5. The summed E-state index contributed by atoms with van der Waals surface area (Å²) in [4.78, 5) is 12.6. The Labute approximate surface area is 149 Å². The number of nitrogens with one attached hydrogen (secondary N) is 2. The minimum atomic E-state index is -0.116. The van der Waals surface area contributed by atoms with Crippen LogP contribution in [0.3, 0.4) is 0 Å². The maximum Gasteiger partial charge on any atom is 0.229 e. The summed E-state index contributed by atoms with van der Waals surface area (Å²) in [5.41, 5.74) is 3.62. The molecule has 1 unspecified atom stereocenters. The molecule has 1 aromatic carbocycles. The number of hydrogen-bond donors (Lipinski definition) is 2. The van der Waals surface area contributed by atoms with Crippen LogP contribution in [-0.4, -0.2) is 31.1 Å². The van der Waals surface area contributed by atoms with E-state index in [1.807, 2.05) is 37.3 Å². The second-order valence-corrected chi connectivity index (χ2v) is 6.65. The van der Waals surface area contributed by atoms with E-state index in [2.05, 4.69) is 25.8 Å². The Hall–Kier alpha value is -2.67. The molecule has 25 heavy (non-hydrogen) atoms. The SMILES string of the molecule is Cc1cc(NC(=O)C2CCc3n[nH]nc3C2)nn1-c1cccc(Cl)c1. The second-order valence-electron chi connectivity index (χ2n) is 6.21. The van der Waals surface area contributed by atoms with Crippen molar-refractivity contribution in [2.45, 2.75) is 26.2 Å². The van der Waals surface area contributed by atoms with Gasteiger partial charge in [-0.25, -0.2) is 4.68 Å². The lowest BCUT2D eigenvalue weighted by Crippen LogP contribution is -2.28. The van der Waals surface area contributed by atoms with Gasteiger partial charge in [0.05, 0.1) is 17.1 Å². The number of halogens is 1. The number of H-pyrrole nitrogens is 1. The van der Waals surface area contributed by atoms with Crippen molar-refractivity contribution in [2.24, 2.45) is 5.92 Å². The van der Waals surface area contributed by atoms with Crippen molar-refractivity contribution in [3.63, 3.8) is 0 Å². The average Bonchev–Trinajstić information content (AvgIpc) is 3.20. The molecular weight excluding hydrogens is 340 g/mol. The molecule has 0 aliphatic heterocycles. The minimum Gasteiger partial charge on any atom is -0.309 e. The van der Waals surface area contributed by atoms with Gasteiger partial charge in [-0.15, -0.1) is 5.10 Å². The van der Waals surface area contributed by atoms with Crippen molar-refractivity contribution in [2.75, 3.05) is 5.32 Å². The van der Waals surface area contributed by atoms with Crippen molar-refractivity contribution in [1.29, 1.82) is 0 Å². The molecule has 3 aromatic rings. The van der Waals surface area contributed by atoms with Gasteiger partial charge in [-0.3, -0.25) is 4.79 Å². The van der Waals surface area contributed by atoms with Gasteiger partial charge in [-0.1, -0.05) is 17.7 Å². The zero-order valence-electron chi connectivity index (χ0n) is 13.7. The fourth-order valence-electron chi connectivity index (χ4n) is 3.14. The molecule has 2 N–H and O–H groups in total. The summed E-state index contributed by atoms with van der Waals surface area (Å²) in [6, 6.07) is 9.29. The van der Waals surface area contributed by atoms with Gasteiger partial charge in [0, 0.05) is 29.1 Å². The standard InChI is InChI=1S/C17H17ClN6O/c1-10-7-16(22-24(10)13-4-2-3-12(18)9-13)19-17(25)11-5-6-14-15(8-11)21-23-20-14/h2-4,7,9,11H,5-6,8H2,1H3,(H,19,22,25)(H,20,21,23). The molecule has 4 rings (SSSR count). The molecule has 1 amide bonds. The number of amides is 1. The first kappa shape index (κ1) is 15.8. The van der Waals surface area contributed by atoms with Crippen LogP contribution >= 0.6 is 11.6 Å². The summed E-state index contributed by atoms with van der Waals surface area (Å²) in [6.45, 7) is 1.94. The highest BCUT2D eigenvalue weighted by Gasteiger charge is 2.27. The Kier molecular flexibility index (Phi) is 4.01. The maximum absolute atomic E-state index is 12.6. The molecule has 1 atom stereocenters. The van der Waals surface area contributed by atoms with E-state index in [9.17, 15) is 4.79 Å². The smallest absolute Gasteiger partial charge is 0.229 e. The van der Waals surface area contributed by atoms with Gasteiger partial charge >= 0.3 is 0 Å². The summed E-state index contributed by atoms with van der Waals surface area (Å²) in [7, 11) is 0. The number of aromatic nitrogens is 5. The monoisotopic (exact) mass is 356 g/mol. The van der Waals surface area contributed by atoms with E-state index in [-0.39, 0.29) is 11.8 Å². The van der Waals surface area contributed by atoms with Crippen LogP contribution in [0.2, 0.25) is 5.02 Å². The minimum absolute atomic E-state index is 0.0376. The molecule has 1 aliphatic rings. The summed E-state index contributed by atoms with van der Waals surface area (Å²) in [6.07, 6.45) is 2.13. The molecule has 2 heterocycles. The van der Waals surface area contributed by atoms with Gasteiger partial charge in [0.1, 0.15) is 0 Å². The fraction of sp³-hybridized carbons (Fsp3) is 0.294. The van der Waals surface area contributed by atoms with Crippen LogP contribution in [0, 0.1) is 12.8 Å². The largest absolute Gasteiger partial charge is 0.309 e. The number of fused-ring (bicyclic) bond motifs is 1. The highest BCUT2D eigenvalue weighted by molar-refractivity contribution is 6.30. The molecule has 0 radical (unpaired) electrons. The van der Waals surface area contributed by atoms with Crippen molar-refractivity contribution in [3.05, 3.63) is 52.4 Å². The first-order chi connectivity index (χ1) is 12.1. The summed E-state index contributed by atoms with van der Waals surface area (Å²) < 4.78 is 1.76. The molecule has 0 spiro atoms. The number of aromatic amines is 1. The first-order valence-corrected chi connectivity index (χ1v) is 8.50. The highest BCUT2D eigenvalue weighted by atomic mass is 35.5. The lowest BCUT2D eigenvalue weighted by molar-refractivity contribution is -0.120. The van der Waals surface area contributed by atoms with Crippen LogP contribution < -0.4 is 5.32 Å². The van der Waals surface area contributed by atoms with Crippen LogP contribution in [0.5, 0.6) is 0 Å². The molecule has 128 valence electrons. The van der Waals surface area contributed by atoms with Crippen molar-refractivity contribution < 1.29 is 4.79 Å². The molecule has 0 saturated carbocycles. The van der Waals surface area contributed by atoms with Crippen molar-refractivity contribution in [3.8, 4) is 5.69 Å². The summed E-state index contributed by atoms with van der Waals surface area (Å²) >= 11 is 6.05. The molecule has 0 fully saturated rings. The first-order valence-electron chi connectivity index (χ1n) is 8.12. The third-order valence-corrected chi connectivity index (χ3v) is 4.67. The zero-order valence-corrected chi connectivity index (χ0v) is 14.4. The van der Waals surface area contributed by atoms with Crippen LogP contribution in [0.4, 0.5) is 5.82 Å². The number of anilines is 1. The predicted octanol–water partition coefficient (Wildman–Crippen LogP) is 2.70. The number of benzene rings is 1. The van der Waals surface area contributed by atoms with E-state index in [0.717, 1.165) is 35.6 Å². The Morgan fingerprint density at radius 1 is 1.32 bits per heavy atom. The van der Waals surface area contributed by atoms with E-state index in [4.69, 9.17) is 11.6 Å². The quantitative estimate of drug-likeness (QED) is 0.755. The van der Waals surface area contributed by atoms with E-state index >= 15 is 0 Å². The maximum atomic E-state index is 12.6. The fourth-order valence-corrected chi connectivity index (χ4v) is 3.33. The lowest BCUT2D eigenvalue weighted by Gasteiger charge is -2.18. The Morgan fingerprint density at radius 3 is 3.00 bits per heavy atom. The topological polar surface area (TPSA) is 88.5 Å². The molecular formula is C17H17ClN6O. The molecule has 0 bridgehead atoms. The van der Waals surface area contributed by atoms with E-state index < -0.39 is 0 Å². The molecule has 0 saturated heterocycles. The van der Waals surface area contributed by atoms with Gasteiger partial charge in [0.15, 0.2) is 5.82 Å². The Morgan fingerprint density at radius 2 is 2.16 bits per heavy atom. The van der Waals surface area contributed by atoms with Gasteiger partial charge in [0.25, 0.3) is 0 Å². The summed E-state index contributed by atoms with van der Waals surface area (Å²) in [5.74, 6) is 0.382. The van der Waals surface area contributed by atoms with Crippen LogP contribution in [0.15, 0.2) is 30.3 Å². The Balaban J connectivity index is 1.50. The molecule has 7 nitrogen and oxygen atoms in total. The zero-order chi connectivity index (χ0) is 17.4. The van der Waals surface area contributed by atoms with E-state index in [0.29, 0.717) is 17.3 Å². The number of aryl methyl sites for hydroxylation is 2. The Bertz CT molecular complexity index is 931. The number of rotatable bonds is 3. The predicted molar refractivity (Wildman–Crippen MR) is 93.8 cm³/mol. The van der Waals surface area contributed by atoms with E-state index in [1.54, 1.807) is 4.68 Å². The van der Waals surface area contributed by atoms with Crippen LogP contribution in [-0.2, 0) is 17.6 Å². The number of nitrogens with zero attached hydrogens (tertiary/aromatic N) is 4. The average molecular weight is 357 g/mol. The van der Waals surface area contributed by atoms with Crippen LogP contribution in [0.1, 0.15) is 23.5 Å². The number of carbonyl (C=O) groups is 1.